The second-order valence-corrected chi connectivity index (χ2v) is 3.88. The van der Waals surface area contributed by atoms with Gasteiger partial charge in [0.05, 0.1) is 11.6 Å². The fourth-order valence-corrected chi connectivity index (χ4v) is 2.01. The summed E-state index contributed by atoms with van der Waals surface area (Å²) in [5, 5.41) is 3.40. The SMILES string of the molecule is Nc1ccc2[nH]c(C3CCCN3)nc2n1. The first-order chi connectivity index (χ1) is 7.33. The predicted molar refractivity (Wildman–Crippen MR) is 58.3 cm³/mol. The van der Waals surface area contributed by atoms with Gasteiger partial charge in [-0.1, -0.05) is 0 Å². The molecule has 3 rings (SSSR count). The highest BCUT2D eigenvalue weighted by atomic mass is 15.1. The maximum atomic E-state index is 5.61. The second-order valence-electron chi connectivity index (χ2n) is 3.88. The number of pyridine rings is 1. The van der Waals surface area contributed by atoms with Gasteiger partial charge in [-0.2, -0.15) is 0 Å². The molecule has 4 N–H and O–H groups in total. The van der Waals surface area contributed by atoms with Crippen LogP contribution in [0.4, 0.5) is 5.82 Å². The Balaban J connectivity index is 2.05. The summed E-state index contributed by atoms with van der Waals surface area (Å²) >= 11 is 0. The second kappa shape index (κ2) is 3.20. The van der Waals surface area contributed by atoms with Crippen molar-refractivity contribution < 1.29 is 0 Å². The Labute approximate surface area is 87.1 Å². The fourth-order valence-electron chi connectivity index (χ4n) is 2.01. The van der Waals surface area contributed by atoms with Gasteiger partial charge >= 0.3 is 0 Å². The maximum Gasteiger partial charge on any atom is 0.179 e. The standard InChI is InChI=1S/C10H13N5/c11-8-4-3-7-10(14-8)15-9(13-7)6-2-1-5-12-6/h3-4,6,12H,1-2,5H2,(H3,11,13,14,15). The van der Waals surface area contributed by atoms with Gasteiger partial charge in [0.2, 0.25) is 0 Å². The van der Waals surface area contributed by atoms with Crippen LogP contribution in [0.15, 0.2) is 12.1 Å². The van der Waals surface area contributed by atoms with Crippen molar-refractivity contribution in [2.24, 2.45) is 0 Å². The Kier molecular flexibility index (Phi) is 1.85. The minimum absolute atomic E-state index is 0.348. The normalized spacial score (nSPS) is 21.2. The minimum Gasteiger partial charge on any atom is -0.384 e. The Morgan fingerprint density at radius 2 is 2.27 bits per heavy atom. The summed E-state index contributed by atoms with van der Waals surface area (Å²) in [6.45, 7) is 1.07. The Bertz CT molecular complexity index is 484. The molecule has 0 amide bonds. The number of nitrogens with two attached hydrogens (primary N) is 1. The molecule has 3 heterocycles. The van der Waals surface area contributed by atoms with E-state index in [0.717, 1.165) is 24.3 Å². The molecule has 78 valence electrons. The third kappa shape index (κ3) is 1.45. The number of hydrogen-bond acceptors (Lipinski definition) is 4. The highest BCUT2D eigenvalue weighted by Gasteiger charge is 2.19. The Morgan fingerprint density at radius 1 is 1.33 bits per heavy atom. The van der Waals surface area contributed by atoms with Gasteiger partial charge in [-0.3, -0.25) is 0 Å². The van der Waals surface area contributed by atoms with Crippen molar-refractivity contribution in [3.63, 3.8) is 0 Å². The van der Waals surface area contributed by atoms with E-state index in [1.165, 1.54) is 6.42 Å². The first kappa shape index (κ1) is 8.67. The lowest BCUT2D eigenvalue weighted by Gasteiger charge is -2.04. The van der Waals surface area contributed by atoms with E-state index in [0.29, 0.717) is 17.5 Å². The summed E-state index contributed by atoms with van der Waals surface area (Å²) in [5.41, 5.74) is 7.26. The van der Waals surface area contributed by atoms with Crippen LogP contribution < -0.4 is 11.1 Å². The van der Waals surface area contributed by atoms with Gasteiger partial charge < -0.3 is 16.0 Å². The molecule has 0 radical (unpaired) electrons. The van der Waals surface area contributed by atoms with Crippen LogP contribution in [0.5, 0.6) is 0 Å². The van der Waals surface area contributed by atoms with Crippen molar-refractivity contribution >= 4 is 17.0 Å². The molecule has 0 spiro atoms. The molecule has 1 aliphatic heterocycles. The van der Waals surface area contributed by atoms with Gasteiger partial charge in [0.25, 0.3) is 0 Å². The van der Waals surface area contributed by atoms with Gasteiger partial charge in [-0.25, -0.2) is 9.97 Å². The molecule has 15 heavy (non-hydrogen) atoms. The number of aromatic nitrogens is 3. The number of imidazole rings is 1. The van der Waals surface area contributed by atoms with Gasteiger partial charge in [0.15, 0.2) is 5.65 Å². The molecule has 2 aromatic heterocycles. The number of nitrogens with one attached hydrogen (secondary N) is 2. The van der Waals surface area contributed by atoms with Crippen molar-refractivity contribution in [1.29, 1.82) is 0 Å². The molecule has 1 unspecified atom stereocenters. The molecule has 1 saturated heterocycles. The highest BCUT2D eigenvalue weighted by molar-refractivity contribution is 5.72. The molecule has 5 nitrogen and oxygen atoms in total. The minimum atomic E-state index is 0.348. The fraction of sp³-hybridized carbons (Fsp3) is 0.400. The highest BCUT2D eigenvalue weighted by Crippen LogP contribution is 2.22. The van der Waals surface area contributed by atoms with Crippen LogP contribution in [0.2, 0.25) is 0 Å². The summed E-state index contributed by atoms with van der Waals surface area (Å²) in [6, 6.07) is 4.05. The third-order valence-electron chi connectivity index (χ3n) is 2.78. The van der Waals surface area contributed by atoms with Crippen molar-refractivity contribution in [2.45, 2.75) is 18.9 Å². The van der Waals surface area contributed by atoms with E-state index in [1.54, 1.807) is 6.07 Å². The van der Waals surface area contributed by atoms with Crippen LogP contribution in [0.1, 0.15) is 24.7 Å². The van der Waals surface area contributed by atoms with Crippen molar-refractivity contribution in [3.8, 4) is 0 Å². The van der Waals surface area contributed by atoms with E-state index in [-0.39, 0.29) is 0 Å². The topological polar surface area (TPSA) is 79.6 Å². The third-order valence-corrected chi connectivity index (χ3v) is 2.78. The predicted octanol–water partition coefficient (Wildman–Crippen LogP) is 0.965. The number of fused-ring (bicyclic) bond motifs is 1. The first-order valence-electron chi connectivity index (χ1n) is 5.18. The molecular formula is C10H13N5. The molecule has 0 aliphatic carbocycles. The van der Waals surface area contributed by atoms with Crippen LogP contribution in [0, 0.1) is 0 Å². The number of hydrogen-bond donors (Lipinski definition) is 3. The van der Waals surface area contributed by atoms with E-state index in [1.807, 2.05) is 6.07 Å². The largest absolute Gasteiger partial charge is 0.384 e. The maximum absolute atomic E-state index is 5.61. The number of H-pyrrole nitrogens is 1. The number of rotatable bonds is 1. The van der Waals surface area contributed by atoms with E-state index in [2.05, 4.69) is 20.3 Å². The van der Waals surface area contributed by atoms with Gasteiger partial charge in [-0.15, -0.1) is 0 Å². The Hall–Kier alpha value is -1.62. The monoisotopic (exact) mass is 203 g/mol. The summed E-state index contributed by atoms with van der Waals surface area (Å²) in [7, 11) is 0. The molecule has 1 atom stereocenters. The zero-order valence-corrected chi connectivity index (χ0v) is 8.33. The van der Waals surface area contributed by atoms with Crippen LogP contribution in [0.3, 0.4) is 0 Å². The average Bonchev–Trinajstić information content (AvgIpc) is 2.84. The summed E-state index contributed by atoms with van der Waals surface area (Å²) in [6.07, 6.45) is 2.34. The molecular weight excluding hydrogens is 190 g/mol. The number of nitrogens with zero attached hydrogens (tertiary/aromatic N) is 2. The molecule has 1 fully saturated rings. The van der Waals surface area contributed by atoms with E-state index in [9.17, 15) is 0 Å². The molecule has 2 aromatic rings. The van der Waals surface area contributed by atoms with E-state index in [4.69, 9.17) is 5.73 Å². The molecule has 5 heteroatoms. The lowest BCUT2D eigenvalue weighted by Crippen LogP contribution is -2.14. The quantitative estimate of drug-likeness (QED) is 0.645. The number of anilines is 1. The molecule has 0 bridgehead atoms. The first-order valence-corrected chi connectivity index (χ1v) is 5.18. The summed E-state index contributed by atoms with van der Waals surface area (Å²) in [4.78, 5) is 11.9. The summed E-state index contributed by atoms with van der Waals surface area (Å²) in [5.74, 6) is 1.49. The van der Waals surface area contributed by atoms with Crippen LogP contribution >= 0.6 is 0 Å². The van der Waals surface area contributed by atoms with Gasteiger partial charge in [0.1, 0.15) is 11.6 Å². The lowest BCUT2D eigenvalue weighted by atomic mass is 10.2. The van der Waals surface area contributed by atoms with E-state index < -0.39 is 0 Å². The number of aromatic amines is 1. The van der Waals surface area contributed by atoms with Crippen molar-refractivity contribution in [2.75, 3.05) is 12.3 Å². The zero-order valence-electron chi connectivity index (χ0n) is 8.33. The average molecular weight is 203 g/mol. The van der Waals surface area contributed by atoms with Gasteiger partial charge in [0, 0.05) is 0 Å². The zero-order chi connectivity index (χ0) is 10.3. The van der Waals surface area contributed by atoms with Crippen molar-refractivity contribution in [1.82, 2.24) is 20.3 Å². The van der Waals surface area contributed by atoms with Crippen LogP contribution in [0.25, 0.3) is 11.2 Å². The number of nitrogen functional groups attached to an aromatic ring is 1. The summed E-state index contributed by atoms with van der Waals surface area (Å²) < 4.78 is 0. The lowest BCUT2D eigenvalue weighted by molar-refractivity contribution is 0.614. The smallest absolute Gasteiger partial charge is 0.179 e. The van der Waals surface area contributed by atoms with Crippen LogP contribution in [-0.2, 0) is 0 Å². The molecule has 0 saturated carbocycles. The van der Waals surface area contributed by atoms with Crippen molar-refractivity contribution in [3.05, 3.63) is 18.0 Å². The van der Waals surface area contributed by atoms with E-state index >= 15 is 0 Å². The van der Waals surface area contributed by atoms with Crippen LogP contribution in [-0.4, -0.2) is 21.5 Å². The Morgan fingerprint density at radius 3 is 3.07 bits per heavy atom. The van der Waals surface area contributed by atoms with Gasteiger partial charge in [-0.05, 0) is 31.5 Å². The molecule has 0 aromatic carbocycles. The molecule has 1 aliphatic rings.